The molecule has 220 valence electrons. The maximum Gasteiger partial charge on any atom is 0.272 e. The molecule has 9 heteroatoms. The summed E-state index contributed by atoms with van der Waals surface area (Å²) in [6, 6.07) is 27.4. The maximum atomic E-state index is 14.5. The monoisotopic (exact) mass is 623 g/mol. The second kappa shape index (κ2) is 10.9. The lowest BCUT2D eigenvalue weighted by molar-refractivity contribution is -0.122. The average Bonchev–Trinajstić information content (AvgIpc) is 3.30. The number of amides is 3. The topological polar surface area (TPSA) is 88.1 Å². The molecule has 3 aliphatic carbocycles. The minimum Gasteiger partial charge on any atom is -0.494 e. The summed E-state index contributed by atoms with van der Waals surface area (Å²) in [5.41, 5.74) is 5.89. The molecule has 1 N–H and O–H groups in total. The number of imide groups is 1. The highest BCUT2D eigenvalue weighted by Crippen LogP contribution is 2.63. The summed E-state index contributed by atoms with van der Waals surface area (Å²) in [5.74, 6) is -2.16. The van der Waals surface area contributed by atoms with Crippen molar-refractivity contribution in [3.8, 4) is 5.75 Å². The zero-order chi connectivity index (χ0) is 30.6. The maximum absolute atomic E-state index is 14.5. The Kier molecular flexibility index (Phi) is 7.03. The van der Waals surface area contributed by atoms with E-state index in [2.05, 4.69) is 10.5 Å². The second-order valence-corrected chi connectivity index (χ2v) is 12.0. The zero-order valence-electron chi connectivity index (χ0n) is 23.7. The molecule has 0 radical (unpaired) electrons. The Morgan fingerprint density at radius 2 is 1.59 bits per heavy atom. The molecule has 2 atom stereocenters. The van der Waals surface area contributed by atoms with Crippen molar-refractivity contribution in [2.45, 2.75) is 24.7 Å². The molecular formula is C35H27Cl2N3O4. The van der Waals surface area contributed by atoms with Gasteiger partial charge in [-0.25, -0.2) is 10.3 Å². The van der Waals surface area contributed by atoms with Gasteiger partial charge in [-0.05, 0) is 71.1 Å². The third-order valence-corrected chi connectivity index (χ3v) is 9.41. The highest BCUT2D eigenvalue weighted by atomic mass is 35.5. The number of halogens is 2. The van der Waals surface area contributed by atoms with Crippen LogP contribution in [0.4, 0.5) is 5.69 Å². The molecule has 2 bridgehead atoms. The molecule has 8 rings (SSSR count). The van der Waals surface area contributed by atoms with Crippen molar-refractivity contribution in [3.63, 3.8) is 0 Å². The van der Waals surface area contributed by atoms with Crippen LogP contribution in [0.5, 0.6) is 5.75 Å². The smallest absolute Gasteiger partial charge is 0.272 e. The molecule has 0 spiro atoms. The fourth-order valence-electron chi connectivity index (χ4n) is 7.14. The van der Waals surface area contributed by atoms with Gasteiger partial charge >= 0.3 is 0 Å². The van der Waals surface area contributed by atoms with Gasteiger partial charge in [0.2, 0.25) is 11.8 Å². The lowest BCUT2D eigenvalue weighted by atomic mass is 9.47. The fourth-order valence-corrected chi connectivity index (χ4v) is 7.64. The third kappa shape index (κ3) is 4.18. The Morgan fingerprint density at radius 1 is 0.932 bits per heavy atom. The van der Waals surface area contributed by atoms with Crippen molar-refractivity contribution in [3.05, 3.63) is 129 Å². The largest absolute Gasteiger partial charge is 0.494 e. The fraction of sp³-hybridized carbons (Fsp3) is 0.200. The van der Waals surface area contributed by atoms with Gasteiger partial charge in [-0.2, -0.15) is 5.10 Å². The van der Waals surface area contributed by atoms with Crippen LogP contribution in [-0.2, 0) is 15.0 Å². The minimum absolute atomic E-state index is 0.190. The first-order chi connectivity index (χ1) is 21.4. The van der Waals surface area contributed by atoms with E-state index in [0.29, 0.717) is 23.1 Å². The highest BCUT2D eigenvalue weighted by molar-refractivity contribution is 6.36. The average molecular weight is 625 g/mol. The number of hydrogen-bond acceptors (Lipinski definition) is 5. The molecule has 4 aromatic rings. The second-order valence-electron chi connectivity index (χ2n) is 11.2. The van der Waals surface area contributed by atoms with Crippen LogP contribution in [0, 0.1) is 11.8 Å². The van der Waals surface area contributed by atoms with Gasteiger partial charge in [-0.1, -0.05) is 78.7 Å². The predicted octanol–water partition coefficient (Wildman–Crippen LogP) is 6.75. The van der Waals surface area contributed by atoms with Crippen molar-refractivity contribution < 1.29 is 19.1 Å². The van der Waals surface area contributed by atoms with Gasteiger partial charge in [-0.3, -0.25) is 14.4 Å². The number of benzene rings is 4. The van der Waals surface area contributed by atoms with Crippen LogP contribution in [0.25, 0.3) is 0 Å². The van der Waals surface area contributed by atoms with Crippen LogP contribution >= 0.6 is 23.2 Å². The molecule has 1 aliphatic heterocycles. The van der Waals surface area contributed by atoms with Gasteiger partial charge in [0.1, 0.15) is 5.75 Å². The number of nitrogens with one attached hydrogen (secondary N) is 1. The Hall–Kier alpha value is -4.46. The van der Waals surface area contributed by atoms with E-state index in [9.17, 15) is 14.4 Å². The van der Waals surface area contributed by atoms with E-state index in [1.807, 2.05) is 55.5 Å². The Labute approximate surface area is 264 Å². The summed E-state index contributed by atoms with van der Waals surface area (Å²) < 4.78 is 5.72. The molecule has 1 heterocycles. The number of rotatable bonds is 7. The lowest BCUT2D eigenvalue weighted by Gasteiger charge is -2.52. The summed E-state index contributed by atoms with van der Waals surface area (Å²) >= 11 is 12.3. The number of carbonyl (C=O) groups excluding carboxylic acids is 3. The van der Waals surface area contributed by atoms with E-state index in [-0.39, 0.29) is 28.3 Å². The summed E-state index contributed by atoms with van der Waals surface area (Å²) in [6.45, 7) is 2.60. The van der Waals surface area contributed by atoms with Crippen LogP contribution in [0.2, 0.25) is 10.0 Å². The Morgan fingerprint density at radius 3 is 2.23 bits per heavy atom. The first-order valence-electron chi connectivity index (χ1n) is 14.5. The summed E-state index contributed by atoms with van der Waals surface area (Å²) in [5, 5.41) is 5.04. The number of anilines is 1. The number of ether oxygens (including phenoxy) is 1. The molecule has 0 aromatic heterocycles. The molecule has 4 aliphatic rings. The van der Waals surface area contributed by atoms with Crippen LogP contribution in [0.15, 0.2) is 96.1 Å². The van der Waals surface area contributed by atoms with E-state index in [1.54, 1.807) is 36.5 Å². The minimum atomic E-state index is -1.12. The summed E-state index contributed by atoms with van der Waals surface area (Å²) in [4.78, 5) is 43.2. The molecule has 0 saturated carbocycles. The summed E-state index contributed by atoms with van der Waals surface area (Å²) in [6.07, 6.45) is 2.49. The van der Waals surface area contributed by atoms with Gasteiger partial charge < -0.3 is 4.74 Å². The van der Waals surface area contributed by atoms with Crippen molar-refractivity contribution in [1.29, 1.82) is 0 Å². The molecule has 1 fully saturated rings. The van der Waals surface area contributed by atoms with Gasteiger partial charge in [0.25, 0.3) is 5.91 Å². The van der Waals surface area contributed by atoms with Crippen LogP contribution in [-0.4, -0.2) is 30.5 Å². The molecule has 3 amide bonds. The van der Waals surface area contributed by atoms with Crippen LogP contribution in [0.3, 0.4) is 0 Å². The van der Waals surface area contributed by atoms with E-state index in [4.69, 9.17) is 27.9 Å². The van der Waals surface area contributed by atoms with Crippen molar-refractivity contribution in [1.82, 2.24) is 5.43 Å². The predicted molar refractivity (Wildman–Crippen MR) is 170 cm³/mol. The van der Waals surface area contributed by atoms with E-state index >= 15 is 0 Å². The van der Waals surface area contributed by atoms with E-state index in [0.717, 1.165) is 28.7 Å². The molecule has 1 saturated heterocycles. The SMILES string of the molecule is CCCOc1ccc(N2C(=O)[C@@H]3C4c5ccccc5C(/C=N\NC(=O)c5ccc(Cl)cc5Cl)(c5ccccc54)[C@@H]3C2=O)cc1. The summed E-state index contributed by atoms with van der Waals surface area (Å²) in [7, 11) is 0. The standard InChI is InChI=1S/C35H27Cl2N3O4/c1-2-17-44-22-14-12-21(13-15-22)40-33(42)30-29-23-7-3-5-9-26(23)35(31(30)34(40)43,27-10-6-4-8-24(27)29)19-38-39-32(41)25-16-11-20(36)18-28(25)37/h3-16,18-19,29-31H,2,17H2,1H3,(H,39,41)/b38-19-/t29?,30-,31+,35?/m1/s1. The Bertz CT molecular complexity index is 1810. The lowest BCUT2D eigenvalue weighted by Crippen LogP contribution is -2.54. The van der Waals surface area contributed by atoms with Crippen LogP contribution < -0.4 is 15.1 Å². The van der Waals surface area contributed by atoms with Gasteiger partial charge in [0.05, 0.1) is 40.1 Å². The molecule has 7 nitrogen and oxygen atoms in total. The zero-order valence-corrected chi connectivity index (χ0v) is 25.2. The molecular weight excluding hydrogens is 597 g/mol. The van der Waals surface area contributed by atoms with E-state index in [1.165, 1.54) is 17.0 Å². The van der Waals surface area contributed by atoms with Crippen molar-refractivity contribution in [2.75, 3.05) is 11.5 Å². The van der Waals surface area contributed by atoms with Gasteiger partial charge in [0.15, 0.2) is 0 Å². The van der Waals surface area contributed by atoms with Gasteiger partial charge in [0, 0.05) is 17.2 Å². The molecule has 44 heavy (non-hydrogen) atoms. The first-order valence-corrected chi connectivity index (χ1v) is 15.2. The van der Waals surface area contributed by atoms with Gasteiger partial charge in [-0.15, -0.1) is 0 Å². The van der Waals surface area contributed by atoms with Crippen molar-refractivity contribution >= 4 is 52.8 Å². The highest BCUT2D eigenvalue weighted by Gasteiger charge is 2.68. The number of nitrogens with zero attached hydrogens (tertiary/aromatic N) is 2. The third-order valence-electron chi connectivity index (χ3n) is 8.86. The quantitative estimate of drug-likeness (QED) is 0.140. The number of hydrogen-bond donors (Lipinski definition) is 1. The number of carbonyl (C=O) groups is 3. The molecule has 0 unspecified atom stereocenters. The molecule has 4 aromatic carbocycles. The van der Waals surface area contributed by atoms with E-state index < -0.39 is 23.2 Å². The first kappa shape index (κ1) is 28.3. The Balaban J connectivity index is 1.34. The normalized spacial score (nSPS) is 23.0. The number of hydrazone groups is 1. The van der Waals surface area contributed by atoms with Crippen molar-refractivity contribution in [2.24, 2.45) is 16.9 Å². The van der Waals surface area contributed by atoms with Crippen LogP contribution in [0.1, 0.15) is 51.9 Å².